The SMILES string of the molecule is CCOc1ccc(CN[C@@H](Cc2ccccc2)C(=O)O)cc1. The minimum Gasteiger partial charge on any atom is -0.494 e. The molecule has 0 bridgehead atoms. The molecule has 0 unspecified atom stereocenters. The largest absolute Gasteiger partial charge is 0.494 e. The van der Waals surface area contributed by atoms with Crippen molar-refractivity contribution in [1.29, 1.82) is 0 Å². The fourth-order valence-corrected chi connectivity index (χ4v) is 2.21. The molecule has 0 aromatic heterocycles. The van der Waals surface area contributed by atoms with Crippen LogP contribution in [-0.2, 0) is 17.8 Å². The molecule has 1 atom stereocenters. The lowest BCUT2D eigenvalue weighted by atomic mass is 10.1. The first kappa shape index (κ1) is 16.0. The molecule has 116 valence electrons. The van der Waals surface area contributed by atoms with E-state index in [1.807, 2.05) is 61.5 Å². The van der Waals surface area contributed by atoms with Gasteiger partial charge in [-0.05, 0) is 36.6 Å². The smallest absolute Gasteiger partial charge is 0.321 e. The van der Waals surface area contributed by atoms with Crippen molar-refractivity contribution in [1.82, 2.24) is 5.32 Å². The van der Waals surface area contributed by atoms with Gasteiger partial charge >= 0.3 is 5.97 Å². The molecule has 0 aliphatic rings. The van der Waals surface area contributed by atoms with E-state index in [1.165, 1.54) is 0 Å². The molecule has 0 aliphatic heterocycles. The molecule has 0 heterocycles. The summed E-state index contributed by atoms with van der Waals surface area (Å²) in [5, 5.41) is 12.4. The van der Waals surface area contributed by atoms with Crippen LogP contribution in [0.2, 0.25) is 0 Å². The predicted octanol–water partition coefficient (Wildman–Crippen LogP) is 2.87. The molecule has 0 saturated heterocycles. The fraction of sp³-hybridized carbons (Fsp3) is 0.278. The van der Waals surface area contributed by atoms with Gasteiger partial charge in [-0.2, -0.15) is 0 Å². The molecule has 4 nitrogen and oxygen atoms in total. The van der Waals surface area contributed by atoms with Crippen LogP contribution < -0.4 is 10.1 Å². The highest BCUT2D eigenvalue weighted by Gasteiger charge is 2.17. The fourth-order valence-electron chi connectivity index (χ4n) is 2.21. The molecule has 0 aliphatic carbocycles. The van der Waals surface area contributed by atoms with Gasteiger partial charge in [-0.1, -0.05) is 42.5 Å². The number of rotatable bonds is 8. The summed E-state index contributed by atoms with van der Waals surface area (Å²) in [6.45, 7) is 3.09. The molecule has 0 fully saturated rings. The highest BCUT2D eigenvalue weighted by atomic mass is 16.5. The Morgan fingerprint density at radius 1 is 1.09 bits per heavy atom. The van der Waals surface area contributed by atoms with E-state index in [0.29, 0.717) is 19.6 Å². The highest BCUT2D eigenvalue weighted by Crippen LogP contribution is 2.12. The van der Waals surface area contributed by atoms with E-state index in [0.717, 1.165) is 16.9 Å². The normalized spacial score (nSPS) is 11.9. The number of carboxylic acids is 1. The van der Waals surface area contributed by atoms with E-state index in [9.17, 15) is 9.90 Å². The molecule has 4 heteroatoms. The van der Waals surface area contributed by atoms with Gasteiger partial charge in [0.05, 0.1) is 6.61 Å². The van der Waals surface area contributed by atoms with Gasteiger partial charge in [0.25, 0.3) is 0 Å². The Hall–Kier alpha value is -2.33. The van der Waals surface area contributed by atoms with E-state index in [1.54, 1.807) is 0 Å². The van der Waals surface area contributed by atoms with Crippen LogP contribution in [0.25, 0.3) is 0 Å². The molecule has 2 N–H and O–H groups in total. The van der Waals surface area contributed by atoms with Gasteiger partial charge in [-0.3, -0.25) is 4.79 Å². The molecule has 2 aromatic carbocycles. The Morgan fingerprint density at radius 3 is 2.36 bits per heavy atom. The van der Waals surface area contributed by atoms with Gasteiger partial charge in [-0.25, -0.2) is 0 Å². The first-order valence-corrected chi connectivity index (χ1v) is 7.41. The average molecular weight is 299 g/mol. The maximum absolute atomic E-state index is 11.4. The molecule has 0 spiro atoms. The van der Waals surface area contributed by atoms with Gasteiger partial charge in [0.2, 0.25) is 0 Å². The minimum atomic E-state index is -0.838. The van der Waals surface area contributed by atoms with Crippen molar-refractivity contribution in [2.75, 3.05) is 6.61 Å². The van der Waals surface area contributed by atoms with E-state index in [2.05, 4.69) is 5.32 Å². The highest BCUT2D eigenvalue weighted by molar-refractivity contribution is 5.73. The summed E-state index contributed by atoms with van der Waals surface area (Å²) >= 11 is 0. The maximum Gasteiger partial charge on any atom is 0.321 e. The first-order valence-electron chi connectivity index (χ1n) is 7.41. The number of aliphatic carboxylic acids is 1. The van der Waals surface area contributed by atoms with E-state index < -0.39 is 12.0 Å². The third-order valence-electron chi connectivity index (χ3n) is 3.37. The number of benzene rings is 2. The van der Waals surface area contributed by atoms with E-state index in [-0.39, 0.29) is 0 Å². The quantitative estimate of drug-likeness (QED) is 0.787. The predicted molar refractivity (Wildman–Crippen MR) is 86.0 cm³/mol. The lowest BCUT2D eigenvalue weighted by molar-refractivity contribution is -0.139. The van der Waals surface area contributed by atoms with Crippen LogP contribution in [0.5, 0.6) is 5.75 Å². The van der Waals surface area contributed by atoms with Crippen LogP contribution >= 0.6 is 0 Å². The van der Waals surface area contributed by atoms with Crippen LogP contribution in [-0.4, -0.2) is 23.7 Å². The number of ether oxygens (including phenoxy) is 1. The van der Waals surface area contributed by atoms with Gasteiger partial charge in [-0.15, -0.1) is 0 Å². The molecule has 0 radical (unpaired) electrons. The van der Waals surface area contributed by atoms with Crippen molar-refractivity contribution in [3.05, 3.63) is 65.7 Å². The summed E-state index contributed by atoms with van der Waals surface area (Å²) in [5.74, 6) is -0.0138. The Morgan fingerprint density at radius 2 is 1.77 bits per heavy atom. The second-order valence-corrected chi connectivity index (χ2v) is 5.04. The lowest BCUT2D eigenvalue weighted by Gasteiger charge is -2.15. The third kappa shape index (κ3) is 4.90. The zero-order chi connectivity index (χ0) is 15.8. The van der Waals surface area contributed by atoms with Crippen LogP contribution in [0.3, 0.4) is 0 Å². The van der Waals surface area contributed by atoms with Crippen molar-refractivity contribution >= 4 is 5.97 Å². The number of hydrogen-bond acceptors (Lipinski definition) is 3. The Bertz CT molecular complexity index is 581. The molecule has 2 aromatic rings. The van der Waals surface area contributed by atoms with Crippen LogP contribution in [0.4, 0.5) is 0 Å². The monoisotopic (exact) mass is 299 g/mol. The number of carboxylic acid groups (broad SMARTS) is 1. The number of nitrogens with one attached hydrogen (secondary N) is 1. The summed E-state index contributed by atoms with van der Waals surface area (Å²) in [4.78, 5) is 11.4. The number of carbonyl (C=O) groups is 1. The van der Waals surface area contributed by atoms with Crippen molar-refractivity contribution in [3.8, 4) is 5.75 Å². The van der Waals surface area contributed by atoms with Crippen molar-refractivity contribution in [2.45, 2.75) is 25.9 Å². The summed E-state index contributed by atoms with van der Waals surface area (Å²) in [6.07, 6.45) is 0.465. The molecule has 0 saturated carbocycles. The Balaban J connectivity index is 1.92. The molecule has 0 amide bonds. The van der Waals surface area contributed by atoms with Gasteiger partial charge in [0.1, 0.15) is 11.8 Å². The van der Waals surface area contributed by atoms with Crippen LogP contribution in [0.15, 0.2) is 54.6 Å². The van der Waals surface area contributed by atoms with Gasteiger partial charge < -0.3 is 15.2 Å². The van der Waals surface area contributed by atoms with Crippen LogP contribution in [0.1, 0.15) is 18.1 Å². The Labute approximate surface area is 130 Å². The second-order valence-electron chi connectivity index (χ2n) is 5.04. The third-order valence-corrected chi connectivity index (χ3v) is 3.37. The zero-order valence-electron chi connectivity index (χ0n) is 12.7. The summed E-state index contributed by atoms with van der Waals surface area (Å²) in [6, 6.07) is 16.7. The average Bonchev–Trinajstić information content (AvgIpc) is 2.54. The maximum atomic E-state index is 11.4. The van der Waals surface area contributed by atoms with Crippen molar-refractivity contribution in [3.63, 3.8) is 0 Å². The zero-order valence-corrected chi connectivity index (χ0v) is 12.7. The minimum absolute atomic E-state index is 0.465. The summed E-state index contributed by atoms with van der Waals surface area (Å²) < 4.78 is 5.39. The summed E-state index contributed by atoms with van der Waals surface area (Å²) in [7, 11) is 0. The summed E-state index contributed by atoms with van der Waals surface area (Å²) in [5.41, 5.74) is 2.04. The van der Waals surface area contributed by atoms with Crippen molar-refractivity contribution in [2.24, 2.45) is 0 Å². The second kappa shape index (κ2) is 8.20. The van der Waals surface area contributed by atoms with E-state index in [4.69, 9.17) is 4.74 Å². The van der Waals surface area contributed by atoms with Gasteiger partial charge in [0.15, 0.2) is 0 Å². The molecular weight excluding hydrogens is 278 g/mol. The molecule has 2 rings (SSSR count). The van der Waals surface area contributed by atoms with E-state index >= 15 is 0 Å². The molecule has 22 heavy (non-hydrogen) atoms. The molecular formula is C18H21NO3. The van der Waals surface area contributed by atoms with Crippen molar-refractivity contribution < 1.29 is 14.6 Å². The lowest BCUT2D eigenvalue weighted by Crippen LogP contribution is -2.38. The standard InChI is InChI=1S/C18H21NO3/c1-2-22-16-10-8-15(9-11-16)13-19-17(18(20)21)12-14-6-4-3-5-7-14/h3-11,17,19H,2,12-13H2,1H3,(H,20,21)/t17-/m0/s1. The van der Waals surface area contributed by atoms with Crippen LogP contribution in [0, 0.1) is 0 Å². The van der Waals surface area contributed by atoms with Gasteiger partial charge in [0, 0.05) is 6.54 Å². The topological polar surface area (TPSA) is 58.6 Å². The Kier molecular flexibility index (Phi) is 5.98. The number of hydrogen-bond donors (Lipinski definition) is 2. The first-order chi connectivity index (χ1) is 10.7.